The van der Waals surface area contributed by atoms with Crippen LogP contribution in [0.1, 0.15) is 6.42 Å². The van der Waals surface area contributed by atoms with E-state index in [2.05, 4.69) is 0 Å². The topological polar surface area (TPSA) is 161 Å². The van der Waals surface area contributed by atoms with Crippen LogP contribution in [0.2, 0.25) is 0 Å². The van der Waals surface area contributed by atoms with Crippen LogP contribution in [0.15, 0.2) is 47.2 Å². The summed E-state index contributed by atoms with van der Waals surface area (Å²) in [6.07, 6.45) is -3.05. The minimum absolute atomic E-state index is 0.0657. The SMILES string of the molecule is N[C@@H]1C(=O)N2C(C(=O)O)=C(C=C3CCN(c4cccc(O)c4)C3=O)CS[C@H]12.O=C(O)C(F)(F)F. The second-order valence-corrected chi connectivity index (χ2v) is 8.42. The fourth-order valence-electron chi connectivity index (χ4n) is 3.52. The monoisotopic (exact) mass is 501 g/mol. The molecule has 2 atom stereocenters. The zero-order valence-electron chi connectivity index (χ0n) is 17.2. The van der Waals surface area contributed by atoms with E-state index in [9.17, 15) is 37.8 Å². The van der Waals surface area contributed by atoms with E-state index in [1.165, 1.54) is 33.7 Å². The second-order valence-electron chi connectivity index (χ2n) is 7.31. The van der Waals surface area contributed by atoms with Crippen molar-refractivity contribution in [1.29, 1.82) is 0 Å². The number of allylic oxidation sites excluding steroid dienone is 1. The molecule has 0 aromatic heterocycles. The lowest BCUT2D eigenvalue weighted by atomic mass is 10.0. The lowest BCUT2D eigenvalue weighted by Gasteiger charge is -2.47. The lowest BCUT2D eigenvalue weighted by Crippen LogP contribution is -2.68. The van der Waals surface area contributed by atoms with Gasteiger partial charge in [-0.25, -0.2) is 9.59 Å². The molecule has 14 heteroatoms. The van der Waals surface area contributed by atoms with Crippen LogP contribution in [-0.4, -0.2) is 73.9 Å². The quantitative estimate of drug-likeness (QED) is 0.353. The van der Waals surface area contributed by atoms with Gasteiger partial charge in [-0.05, 0) is 30.2 Å². The number of hydrogen-bond donors (Lipinski definition) is 4. The third kappa shape index (κ3) is 4.87. The standard InChI is InChI=1S/C18H17N3O5S.C2HF3O2/c19-13-16(24)21-14(18(25)26)10(8-27-17(13)21)6-9-4-5-20(15(9)23)11-2-1-3-12(22)7-11;3-2(4,5)1(6)7/h1-3,6-7,13,17,22H,4-5,8,19H2,(H,25,26);(H,6,7)/t13-,17-;/m1./s1. The number of halogens is 3. The highest BCUT2D eigenvalue weighted by atomic mass is 32.2. The highest BCUT2D eigenvalue weighted by Crippen LogP contribution is 2.40. The fraction of sp³-hybridized carbons (Fsp3) is 0.300. The Morgan fingerprint density at radius 3 is 2.41 bits per heavy atom. The molecule has 2 fully saturated rings. The van der Waals surface area contributed by atoms with Crippen LogP contribution in [0.25, 0.3) is 0 Å². The van der Waals surface area contributed by atoms with Gasteiger partial charge in [-0.15, -0.1) is 11.8 Å². The van der Waals surface area contributed by atoms with Crippen molar-refractivity contribution in [3.05, 3.63) is 47.2 Å². The number of rotatable bonds is 3. The van der Waals surface area contributed by atoms with Gasteiger partial charge in [0.05, 0.1) is 0 Å². The molecule has 2 amide bonds. The minimum Gasteiger partial charge on any atom is -0.508 e. The molecule has 3 aliphatic rings. The van der Waals surface area contributed by atoms with Crippen molar-refractivity contribution in [3.8, 4) is 5.75 Å². The number of phenolic OH excluding ortho intramolecular Hbond substituents is 1. The summed E-state index contributed by atoms with van der Waals surface area (Å²) < 4.78 is 31.7. The Labute approximate surface area is 194 Å². The van der Waals surface area contributed by atoms with Gasteiger partial charge in [0, 0.05) is 29.6 Å². The smallest absolute Gasteiger partial charge is 0.490 e. The van der Waals surface area contributed by atoms with Crippen molar-refractivity contribution < 1.29 is 47.7 Å². The molecule has 0 bridgehead atoms. The number of carboxylic acid groups (broad SMARTS) is 2. The van der Waals surface area contributed by atoms with E-state index >= 15 is 0 Å². The third-order valence-electron chi connectivity index (χ3n) is 5.10. The second kappa shape index (κ2) is 9.38. The molecular formula is C20H18F3N3O7S. The largest absolute Gasteiger partial charge is 0.508 e. The Kier molecular flexibility index (Phi) is 6.93. The summed E-state index contributed by atoms with van der Waals surface area (Å²) in [6.45, 7) is 0.438. The summed E-state index contributed by atoms with van der Waals surface area (Å²) in [5, 5.41) is 26.0. The van der Waals surface area contributed by atoms with Crippen molar-refractivity contribution in [2.45, 2.75) is 24.0 Å². The number of alkyl halides is 3. The van der Waals surface area contributed by atoms with E-state index in [4.69, 9.17) is 15.6 Å². The number of carbonyl (C=O) groups excluding carboxylic acids is 2. The number of phenols is 1. The molecule has 3 aliphatic heterocycles. The number of benzene rings is 1. The van der Waals surface area contributed by atoms with E-state index in [0.29, 0.717) is 35.6 Å². The molecule has 0 aliphatic carbocycles. The first-order valence-corrected chi connectivity index (χ1v) is 10.7. The number of carboxylic acids is 2. The molecule has 0 spiro atoms. The minimum atomic E-state index is -5.08. The number of hydrogen-bond acceptors (Lipinski definition) is 7. The molecule has 5 N–H and O–H groups in total. The summed E-state index contributed by atoms with van der Waals surface area (Å²) in [6, 6.07) is 5.72. The van der Waals surface area contributed by atoms with Crippen molar-refractivity contribution in [1.82, 2.24) is 4.90 Å². The molecule has 34 heavy (non-hydrogen) atoms. The number of carbonyl (C=O) groups is 4. The van der Waals surface area contributed by atoms with E-state index in [1.807, 2.05) is 0 Å². The van der Waals surface area contributed by atoms with Gasteiger partial charge in [0.1, 0.15) is 22.9 Å². The summed E-state index contributed by atoms with van der Waals surface area (Å²) >= 11 is 1.39. The molecule has 4 rings (SSSR count). The highest BCUT2D eigenvalue weighted by Gasteiger charge is 2.51. The number of aromatic hydroxyl groups is 1. The van der Waals surface area contributed by atoms with Gasteiger partial charge in [0.2, 0.25) is 5.91 Å². The molecule has 10 nitrogen and oxygen atoms in total. The normalized spacial score (nSPS) is 23.4. The van der Waals surface area contributed by atoms with Gasteiger partial charge in [0.15, 0.2) is 0 Å². The maximum absolute atomic E-state index is 12.7. The van der Waals surface area contributed by atoms with Gasteiger partial charge in [0.25, 0.3) is 5.91 Å². The first kappa shape index (κ1) is 25.1. The van der Waals surface area contributed by atoms with E-state index in [0.717, 1.165) is 0 Å². The molecule has 0 saturated carbocycles. The van der Waals surface area contributed by atoms with Crippen LogP contribution < -0.4 is 10.6 Å². The third-order valence-corrected chi connectivity index (χ3v) is 6.42. The maximum atomic E-state index is 12.7. The van der Waals surface area contributed by atoms with Crippen LogP contribution in [0.3, 0.4) is 0 Å². The average Bonchev–Trinajstić information content (AvgIpc) is 3.12. The van der Waals surface area contributed by atoms with Crippen molar-refractivity contribution >= 4 is 41.2 Å². The van der Waals surface area contributed by atoms with Crippen LogP contribution in [0.5, 0.6) is 5.75 Å². The number of anilines is 1. The average molecular weight is 501 g/mol. The Balaban J connectivity index is 0.000000406. The van der Waals surface area contributed by atoms with Gasteiger partial charge >= 0.3 is 18.1 Å². The number of nitrogens with two attached hydrogens (primary N) is 1. The molecule has 0 unspecified atom stereocenters. The van der Waals surface area contributed by atoms with Gasteiger partial charge < -0.3 is 26.0 Å². The Morgan fingerprint density at radius 1 is 1.21 bits per heavy atom. The molecule has 182 valence electrons. The van der Waals surface area contributed by atoms with Crippen molar-refractivity contribution in [2.24, 2.45) is 5.73 Å². The summed E-state index contributed by atoms with van der Waals surface area (Å²) in [7, 11) is 0. The fourth-order valence-corrected chi connectivity index (χ4v) is 4.77. The van der Waals surface area contributed by atoms with Gasteiger partial charge in [-0.2, -0.15) is 13.2 Å². The summed E-state index contributed by atoms with van der Waals surface area (Å²) in [5.74, 6) is -4.19. The highest BCUT2D eigenvalue weighted by molar-refractivity contribution is 8.00. The number of β-lactam (4-membered cyclic amide) rings is 1. The van der Waals surface area contributed by atoms with Gasteiger partial charge in [-0.3, -0.25) is 14.5 Å². The maximum Gasteiger partial charge on any atom is 0.490 e. The molecule has 1 aromatic carbocycles. The van der Waals surface area contributed by atoms with E-state index in [1.54, 1.807) is 18.2 Å². The van der Waals surface area contributed by atoms with Crippen molar-refractivity contribution in [2.75, 3.05) is 17.2 Å². The van der Waals surface area contributed by atoms with Crippen LogP contribution in [-0.2, 0) is 19.2 Å². The number of nitrogens with zero attached hydrogens (tertiary/aromatic N) is 2. The number of amides is 2. The number of thioether (sulfide) groups is 1. The summed E-state index contributed by atoms with van der Waals surface area (Å²) in [5.41, 5.74) is 7.14. The first-order valence-electron chi connectivity index (χ1n) is 9.61. The van der Waals surface area contributed by atoms with Crippen LogP contribution in [0.4, 0.5) is 18.9 Å². The molecule has 0 radical (unpaired) electrons. The predicted molar refractivity (Wildman–Crippen MR) is 113 cm³/mol. The number of fused-ring (bicyclic) bond motifs is 1. The van der Waals surface area contributed by atoms with E-state index in [-0.39, 0.29) is 22.7 Å². The first-order chi connectivity index (χ1) is 15.8. The Bertz CT molecular complexity index is 1120. The van der Waals surface area contributed by atoms with E-state index < -0.39 is 30.1 Å². The predicted octanol–water partition coefficient (Wildman–Crippen LogP) is 1.27. The summed E-state index contributed by atoms with van der Waals surface area (Å²) in [4.78, 5) is 48.1. The molecule has 1 aromatic rings. The zero-order chi connectivity index (χ0) is 25.4. The van der Waals surface area contributed by atoms with Gasteiger partial charge in [-0.1, -0.05) is 6.07 Å². The van der Waals surface area contributed by atoms with Crippen LogP contribution >= 0.6 is 11.8 Å². The molecule has 2 saturated heterocycles. The van der Waals surface area contributed by atoms with Crippen molar-refractivity contribution in [3.63, 3.8) is 0 Å². The molecular weight excluding hydrogens is 483 g/mol. The Morgan fingerprint density at radius 2 is 1.85 bits per heavy atom. The number of aliphatic carboxylic acids is 2. The lowest BCUT2D eigenvalue weighted by molar-refractivity contribution is -0.192. The Hall–Kier alpha value is -3.52. The molecule has 3 heterocycles. The van der Waals surface area contributed by atoms with Crippen LogP contribution in [0, 0.1) is 0 Å². The zero-order valence-corrected chi connectivity index (χ0v) is 18.0.